The van der Waals surface area contributed by atoms with Gasteiger partial charge in [-0.15, -0.1) is 0 Å². The van der Waals surface area contributed by atoms with Crippen LogP contribution in [0.3, 0.4) is 0 Å². The summed E-state index contributed by atoms with van der Waals surface area (Å²) in [5.41, 5.74) is 2.87. The number of nitrogens with one attached hydrogen (secondary N) is 2. The van der Waals surface area contributed by atoms with Gasteiger partial charge in [-0.1, -0.05) is 11.6 Å². The van der Waals surface area contributed by atoms with Crippen LogP contribution in [0.5, 0.6) is 5.75 Å². The summed E-state index contributed by atoms with van der Waals surface area (Å²) in [6.07, 6.45) is 1.67. The fraction of sp³-hybridized carbons (Fsp3) is 0.211. The molecule has 0 atom stereocenters. The number of aryl methyl sites for hydroxylation is 1. The van der Waals surface area contributed by atoms with Crippen LogP contribution in [0.25, 0.3) is 11.4 Å². The number of hydrogen-bond acceptors (Lipinski definition) is 5. The topological polar surface area (TPSA) is 79.9 Å². The van der Waals surface area contributed by atoms with Crippen LogP contribution in [0.15, 0.2) is 41.3 Å². The molecule has 0 aliphatic carbocycles. The van der Waals surface area contributed by atoms with E-state index in [1.165, 1.54) is 0 Å². The molecule has 3 aromatic rings. The first-order chi connectivity index (χ1) is 12.5. The van der Waals surface area contributed by atoms with Crippen molar-refractivity contribution in [3.8, 4) is 17.1 Å². The summed E-state index contributed by atoms with van der Waals surface area (Å²) in [6.45, 7) is 4.09. The van der Waals surface area contributed by atoms with Gasteiger partial charge in [0.15, 0.2) is 0 Å². The van der Waals surface area contributed by atoms with Gasteiger partial charge < -0.3 is 15.0 Å². The molecule has 7 heteroatoms. The SMILES string of the molecule is COc1ccc(Cl)cc1CNc1ccc(-c2nc(C)c(C)c(=O)[nH]2)cn1. The highest BCUT2D eigenvalue weighted by molar-refractivity contribution is 6.30. The highest BCUT2D eigenvalue weighted by Crippen LogP contribution is 2.23. The van der Waals surface area contributed by atoms with Gasteiger partial charge in [-0.05, 0) is 44.2 Å². The van der Waals surface area contributed by atoms with Gasteiger partial charge in [0.05, 0.1) is 7.11 Å². The van der Waals surface area contributed by atoms with Crippen LogP contribution in [-0.2, 0) is 6.54 Å². The zero-order valence-corrected chi connectivity index (χ0v) is 15.5. The lowest BCUT2D eigenvalue weighted by Gasteiger charge is -2.11. The molecule has 134 valence electrons. The predicted octanol–water partition coefficient (Wildman–Crippen LogP) is 3.72. The molecular formula is C19H19ClN4O2. The minimum atomic E-state index is -0.136. The molecule has 0 radical (unpaired) electrons. The predicted molar refractivity (Wildman–Crippen MR) is 103 cm³/mol. The van der Waals surface area contributed by atoms with E-state index in [9.17, 15) is 4.79 Å². The van der Waals surface area contributed by atoms with Crippen molar-refractivity contribution in [1.29, 1.82) is 0 Å². The van der Waals surface area contributed by atoms with Crippen LogP contribution in [-0.4, -0.2) is 22.1 Å². The molecule has 26 heavy (non-hydrogen) atoms. The van der Waals surface area contributed by atoms with Gasteiger partial charge in [0, 0.05) is 40.1 Å². The minimum Gasteiger partial charge on any atom is -0.496 e. The summed E-state index contributed by atoms with van der Waals surface area (Å²) in [5, 5.41) is 3.88. The zero-order chi connectivity index (χ0) is 18.7. The fourth-order valence-corrected chi connectivity index (χ4v) is 2.69. The summed E-state index contributed by atoms with van der Waals surface area (Å²) in [4.78, 5) is 23.5. The van der Waals surface area contributed by atoms with Gasteiger partial charge in [-0.3, -0.25) is 4.79 Å². The number of rotatable bonds is 5. The summed E-state index contributed by atoms with van der Waals surface area (Å²) >= 11 is 6.05. The number of H-pyrrole nitrogens is 1. The maximum absolute atomic E-state index is 11.9. The third kappa shape index (κ3) is 3.86. The number of pyridine rings is 1. The number of anilines is 1. The molecule has 2 N–H and O–H groups in total. The number of hydrogen-bond donors (Lipinski definition) is 2. The van der Waals surface area contributed by atoms with Crippen LogP contribution in [0.1, 0.15) is 16.8 Å². The second-order valence-corrected chi connectivity index (χ2v) is 6.30. The van der Waals surface area contributed by atoms with Crippen molar-refractivity contribution in [2.24, 2.45) is 0 Å². The number of nitrogens with zero attached hydrogens (tertiary/aromatic N) is 2. The Morgan fingerprint density at radius 1 is 1.23 bits per heavy atom. The van der Waals surface area contributed by atoms with Crippen LogP contribution in [0.2, 0.25) is 5.02 Å². The quantitative estimate of drug-likeness (QED) is 0.715. The zero-order valence-electron chi connectivity index (χ0n) is 14.8. The lowest BCUT2D eigenvalue weighted by Crippen LogP contribution is -2.14. The molecule has 0 amide bonds. The number of aromatic nitrogens is 3. The molecule has 6 nitrogen and oxygen atoms in total. The van der Waals surface area contributed by atoms with Gasteiger partial charge in [0.25, 0.3) is 5.56 Å². The molecule has 2 heterocycles. The molecule has 0 aliphatic rings. The normalized spacial score (nSPS) is 10.6. The first-order valence-electron chi connectivity index (χ1n) is 8.08. The van der Waals surface area contributed by atoms with Crippen molar-refractivity contribution in [2.45, 2.75) is 20.4 Å². The monoisotopic (exact) mass is 370 g/mol. The van der Waals surface area contributed by atoms with E-state index in [2.05, 4.69) is 20.3 Å². The lowest BCUT2D eigenvalue weighted by molar-refractivity contribution is 0.410. The largest absolute Gasteiger partial charge is 0.496 e. The summed E-state index contributed by atoms with van der Waals surface area (Å²) in [5.74, 6) is 1.96. The molecule has 0 saturated carbocycles. The first kappa shape index (κ1) is 17.9. The van der Waals surface area contributed by atoms with E-state index in [0.717, 1.165) is 16.9 Å². The molecule has 2 aromatic heterocycles. The summed E-state index contributed by atoms with van der Waals surface area (Å²) in [6, 6.07) is 9.16. The Morgan fingerprint density at radius 3 is 2.69 bits per heavy atom. The Morgan fingerprint density at radius 2 is 2.04 bits per heavy atom. The van der Waals surface area contributed by atoms with Crippen molar-refractivity contribution in [2.75, 3.05) is 12.4 Å². The molecule has 0 aliphatic heterocycles. The second kappa shape index (κ2) is 7.58. The average Bonchev–Trinajstić information content (AvgIpc) is 2.64. The van der Waals surface area contributed by atoms with Crippen molar-refractivity contribution in [3.63, 3.8) is 0 Å². The van der Waals surface area contributed by atoms with Gasteiger partial charge in [-0.25, -0.2) is 9.97 Å². The number of aromatic amines is 1. The first-order valence-corrected chi connectivity index (χ1v) is 8.46. The lowest BCUT2D eigenvalue weighted by atomic mass is 10.2. The molecular weight excluding hydrogens is 352 g/mol. The Bertz CT molecular complexity index is 984. The smallest absolute Gasteiger partial charge is 0.254 e. The van der Waals surface area contributed by atoms with E-state index >= 15 is 0 Å². The highest BCUT2D eigenvalue weighted by atomic mass is 35.5. The molecule has 0 spiro atoms. The number of methoxy groups -OCH3 is 1. The van der Waals surface area contributed by atoms with Crippen molar-refractivity contribution < 1.29 is 4.74 Å². The summed E-state index contributed by atoms with van der Waals surface area (Å²) in [7, 11) is 1.62. The second-order valence-electron chi connectivity index (χ2n) is 5.87. The van der Waals surface area contributed by atoms with Gasteiger partial charge in [-0.2, -0.15) is 0 Å². The molecule has 0 bridgehead atoms. The maximum atomic E-state index is 11.9. The average molecular weight is 371 g/mol. The third-order valence-corrected chi connectivity index (χ3v) is 4.37. The van der Waals surface area contributed by atoms with E-state index in [0.29, 0.717) is 34.5 Å². The Hall–Kier alpha value is -2.86. The van der Waals surface area contributed by atoms with E-state index < -0.39 is 0 Å². The van der Waals surface area contributed by atoms with E-state index in [4.69, 9.17) is 16.3 Å². The Kier molecular flexibility index (Phi) is 5.23. The van der Waals surface area contributed by atoms with Crippen molar-refractivity contribution >= 4 is 17.4 Å². The van der Waals surface area contributed by atoms with Gasteiger partial charge >= 0.3 is 0 Å². The third-order valence-electron chi connectivity index (χ3n) is 4.13. The van der Waals surface area contributed by atoms with E-state index in [-0.39, 0.29) is 5.56 Å². The molecule has 3 rings (SSSR count). The van der Waals surface area contributed by atoms with Gasteiger partial charge in [0.1, 0.15) is 17.4 Å². The highest BCUT2D eigenvalue weighted by Gasteiger charge is 2.08. The molecule has 0 fully saturated rings. The number of ether oxygens (including phenoxy) is 1. The fourth-order valence-electron chi connectivity index (χ4n) is 2.49. The van der Waals surface area contributed by atoms with Crippen molar-refractivity contribution in [1.82, 2.24) is 15.0 Å². The molecule has 1 aromatic carbocycles. The molecule has 0 saturated heterocycles. The van der Waals surface area contributed by atoms with Crippen LogP contribution < -0.4 is 15.6 Å². The minimum absolute atomic E-state index is 0.136. The maximum Gasteiger partial charge on any atom is 0.254 e. The molecule has 0 unspecified atom stereocenters. The van der Waals surface area contributed by atoms with Crippen molar-refractivity contribution in [3.05, 3.63) is 68.7 Å². The number of benzene rings is 1. The van der Waals surface area contributed by atoms with Crippen LogP contribution in [0.4, 0.5) is 5.82 Å². The Labute approximate surface area is 156 Å². The van der Waals surface area contributed by atoms with Crippen LogP contribution >= 0.6 is 11.6 Å². The standard InChI is InChI=1S/C19H19ClN4O2/c1-11-12(2)23-18(24-19(11)25)13-4-7-17(21-9-13)22-10-14-8-15(20)5-6-16(14)26-3/h4-9H,10H2,1-3H3,(H,21,22)(H,23,24,25). The van der Waals surface area contributed by atoms with Gasteiger partial charge in [0.2, 0.25) is 0 Å². The van der Waals surface area contributed by atoms with Crippen LogP contribution in [0, 0.1) is 13.8 Å². The summed E-state index contributed by atoms with van der Waals surface area (Å²) < 4.78 is 5.34. The Balaban J connectivity index is 1.76. The van der Waals surface area contributed by atoms with E-state index in [1.54, 1.807) is 26.3 Å². The number of halogens is 1. The van der Waals surface area contributed by atoms with E-state index in [1.807, 2.05) is 31.2 Å².